The van der Waals surface area contributed by atoms with Crippen molar-refractivity contribution in [2.24, 2.45) is 0 Å². The normalized spacial score (nSPS) is 11.4. The quantitative estimate of drug-likeness (QED) is 0.0628. The molecule has 0 heterocycles. The molecule has 0 unspecified atom stereocenters. The monoisotopic (exact) mass is 657 g/mol. The standard InChI is InChI=1S/C31H44ClNO12/c1-31(2,3)45-30(34)25-4-6-28(7-5-25)43-20-18-41-16-14-39-12-10-37-8-9-38-11-13-40-15-17-42-19-21-44-29-23-26(32)22-27(24-29)33(35)36/h4-7,22-24H,8-21H2,1-3H3. The van der Waals surface area contributed by atoms with Crippen molar-refractivity contribution >= 4 is 23.3 Å². The summed E-state index contributed by atoms with van der Waals surface area (Å²) in [6, 6.07) is 10.9. The zero-order valence-corrected chi connectivity index (χ0v) is 26.9. The van der Waals surface area contributed by atoms with Crippen molar-refractivity contribution in [1.29, 1.82) is 0 Å². The van der Waals surface area contributed by atoms with Crippen molar-refractivity contribution in [1.82, 2.24) is 0 Å². The first kappa shape index (κ1) is 38.1. The number of rotatable bonds is 25. The first-order valence-corrected chi connectivity index (χ1v) is 15.0. The SMILES string of the molecule is CC(C)(C)OC(=O)c1ccc(OCCOCCOCCOCCOCCOCCOCCOc2cc(Cl)cc([N+](=O)[O-])c2)cc1. The van der Waals surface area contributed by atoms with Crippen LogP contribution in [0.25, 0.3) is 0 Å². The minimum absolute atomic E-state index is 0.129. The molecule has 0 aromatic heterocycles. The average molecular weight is 658 g/mol. The first-order valence-electron chi connectivity index (χ1n) is 14.6. The Morgan fingerprint density at radius 1 is 0.644 bits per heavy atom. The van der Waals surface area contributed by atoms with E-state index < -0.39 is 10.5 Å². The number of carbonyl (C=O) groups excluding carboxylic acids is 1. The number of carbonyl (C=O) groups is 1. The summed E-state index contributed by atoms with van der Waals surface area (Å²) in [5, 5.41) is 11.1. The number of ether oxygens (including phenoxy) is 9. The van der Waals surface area contributed by atoms with Gasteiger partial charge in [-0.3, -0.25) is 10.1 Å². The predicted octanol–water partition coefficient (Wildman–Crippen LogP) is 4.76. The molecule has 0 amide bonds. The lowest BCUT2D eigenvalue weighted by molar-refractivity contribution is -0.384. The fourth-order valence-corrected chi connectivity index (χ4v) is 3.62. The predicted molar refractivity (Wildman–Crippen MR) is 166 cm³/mol. The Balaban J connectivity index is 1.29. The lowest BCUT2D eigenvalue weighted by Crippen LogP contribution is -2.23. The Bertz CT molecular complexity index is 1110. The first-order chi connectivity index (χ1) is 21.6. The Hall–Kier alpha value is -3.04. The van der Waals surface area contributed by atoms with E-state index in [2.05, 4.69) is 0 Å². The van der Waals surface area contributed by atoms with Crippen LogP contribution in [0.3, 0.4) is 0 Å². The van der Waals surface area contributed by atoms with Gasteiger partial charge in [-0.15, -0.1) is 0 Å². The minimum Gasteiger partial charge on any atom is -0.491 e. The number of hydrogen-bond donors (Lipinski definition) is 0. The molecule has 45 heavy (non-hydrogen) atoms. The zero-order chi connectivity index (χ0) is 32.8. The molecule has 0 saturated carbocycles. The van der Waals surface area contributed by atoms with Crippen LogP contribution < -0.4 is 9.47 Å². The zero-order valence-electron chi connectivity index (χ0n) is 26.2. The van der Waals surface area contributed by atoms with Crippen molar-refractivity contribution in [2.45, 2.75) is 26.4 Å². The maximum atomic E-state index is 12.0. The van der Waals surface area contributed by atoms with Crippen molar-refractivity contribution in [3.63, 3.8) is 0 Å². The molecule has 252 valence electrons. The summed E-state index contributed by atoms with van der Waals surface area (Å²) in [6.07, 6.45) is 0. The van der Waals surface area contributed by atoms with Crippen LogP contribution in [0.1, 0.15) is 31.1 Å². The minimum atomic E-state index is -0.538. The molecule has 0 spiro atoms. The van der Waals surface area contributed by atoms with E-state index in [0.29, 0.717) is 103 Å². The van der Waals surface area contributed by atoms with Gasteiger partial charge in [-0.2, -0.15) is 0 Å². The van der Waals surface area contributed by atoms with E-state index in [4.69, 9.17) is 54.2 Å². The van der Waals surface area contributed by atoms with Gasteiger partial charge in [0.25, 0.3) is 5.69 Å². The second kappa shape index (κ2) is 22.5. The van der Waals surface area contributed by atoms with Gasteiger partial charge in [0.05, 0.1) is 101 Å². The van der Waals surface area contributed by atoms with E-state index in [0.717, 1.165) is 0 Å². The van der Waals surface area contributed by atoms with Crippen molar-refractivity contribution in [3.05, 3.63) is 63.2 Å². The van der Waals surface area contributed by atoms with E-state index >= 15 is 0 Å². The summed E-state index contributed by atoms with van der Waals surface area (Å²) >= 11 is 5.85. The van der Waals surface area contributed by atoms with E-state index in [-0.39, 0.29) is 23.3 Å². The molecule has 14 heteroatoms. The van der Waals surface area contributed by atoms with Crippen LogP contribution >= 0.6 is 11.6 Å². The number of nitrogens with zero attached hydrogens (tertiary/aromatic N) is 1. The molecule has 13 nitrogen and oxygen atoms in total. The highest BCUT2D eigenvalue weighted by molar-refractivity contribution is 6.30. The fourth-order valence-electron chi connectivity index (χ4n) is 3.40. The number of non-ortho nitro benzene ring substituents is 1. The molecule has 2 rings (SSSR count). The number of benzene rings is 2. The molecule has 0 fully saturated rings. The van der Waals surface area contributed by atoms with Crippen molar-refractivity contribution in [3.8, 4) is 11.5 Å². The van der Waals surface area contributed by atoms with Crippen LogP contribution in [0, 0.1) is 10.1 Å². The Morgan fingerprint density at radius 3 is 1.44 bits per heavy atom. The molecule has 0 radical (unpaired) electrons. The molecular weight excluding hydrogens is 614 g/mol. The largest absolute Gasteiger partial charge is 0.491 e. The number of hydrogen-bond acceptors (Lipinski definition) is 12. The number of nitro benzene ring substituents is 1. The highest BCUT2D eigenvalue weighted by atomic mass is 35.5. The summed E-state index contributed by atoms with van der Waals surface area (Å²) in [6.45, 7) is 11.2. The lowest BCUT2D eigenvalue weighted by atomic mass is 10.1. The molecule has 2 aromatic rings. The van der Waals surface area contributed by atoms with Crippen LogP contribution in [0.2, 0.25) is 5.02 Å². The summed E-state index contributed by atoms with van der Waals surface area (Å²) in [5.41, 5.74) is -0.193. The van der Waals surface area contributed by atoms with E-state index in [9.17, 15) is 14.9 Å². The van der Waals surface area contributed by atoms with Crippen molar-refractivity contribution < 1.29 is 52.3 Å². The van der Waals surface area contributed by atoms with Gasteiger partial charge in [0.2, 0.25) is 0 Å². The van der Waals surface area contributed by atoms with Crippen LogP contribution in [0.4, 0.5) is 5.69 Å². The third kappa shape index (κ3) is 19.2. The van der Waals surface area contributed by atoms with E-state index in [1.54, 1.807) is 24.3 Å². The molecular formula is C31H44ClNO12. The van der Waals surface area contributed by atoms with E-state index in [1.165, 1.54) is 18.2 Å². The van der Waals surface area contributed by atoms with Crippen LogP contribution in [-0.2, 0) is 33.2 Å². The third-order valence-electron chi connectivity index (χ3n) is 5.41. The highest BCUT2D eigenvalue weighted by Gasteiger charge is 2.17. The molecule has 0 N–H and O–H groups in total. The van der Waals surface area contributed by atoms with Gasteiger partial charge in [-0.25, -0.2) is 4.79 Å². The molecule has 0 aliphatic rings. The highest BCUT2D eigenvalue weighted by Crippen LogP contribution is 2.25. The maximum absolute atomic E-state index is 12.0. The molecule has 0 atom stereocenters. The van der Waals surface area contributed by atoms with Gasteiger partial charge in [0.15, 0.2) is 0 Å². The van der Waals surface area contributed by atoms with E-state index in [1.807, 2.05) is 20.8 Å². The fraction of sp³-hybridized carbons (Fsp3) is 0.581. The summed E-state index contributed by atoms with van der Waals surface area (Å²) < 4.78 is 49.1. The second-order valence-corrected chi connectivity index (χ2v) is 10.7. The van der Waals surface area contributed by atoms with Gasteiger partial charge >= 0.3 is 5.97 Å². The van der Waals surface area contributed by atoms with Crippen molar-refractivity contribution in [2.75, 3.05) is 92.5 Å². The smallest absolute Gasteiger partial charge is 0.338 e. The van der Waals surface area contributed by atoms with Gasteiger partial charge in [-0.05, 0) is 51.1 Å². The number of nitro groups is 1. The Labute approximate surface area is 269 Å². The molecule has 0 bridgehead atoms. The third-order valence-corrected chi connectivity index (χ3v) is 5.63. The van der Waals surface area contributed by atoms with Gasteiger partial charge in [0.1, 0.15) is 30.3 Å². The topological polar surface area (TPSA) is 143 Å². The Morgan fingerprint density at radius 2 is 1.04 bits per heavy atom. The van der Waals surface area contributed by atoms with Gasteiger partial charge < -0.3 is 42.6 Å². The maximum Gasteiger partial charge on any atom is 0.338 e. The second-order valence-electron chi connectivity index (χ2n) is 10.3. The molecule has 0 aliphatic carbocycles. The molecule has 2 aromatic carbocycles. The molecule has 0 aliphatic heterocycles. The Kier molecular flexibility index (Phi) is 19.0. The summed E-state index contributed by atoms with van der Waals surface area (Å²) in [5.74, 6) is 0.595. The molecule has 0 saturated heterocycles. The number of halogens is 1. The van der Waals surface area contributed by atoms with Gasteiger partial charge in [0, 0.05) is 6.07 Å². The van der Waals surface area contributed by atoms with Crippen LogP contribution in [0.15, 0.2) is 42.5 Å². The summed E-state index contributed by atoms with van der Waals surface area (Å²) in [4.78, 5) is 22.4. The number of esters is 1. The van der Waals surface area contributed by atoms with Gasteiger partial charge in [-0.1, -0.05) is 11.6 Å². The van der Waals surface area contributed by atoms with Crippen LogP contribution in [0.5, 0.6) is 11.5 Å². The average Bonchev–Trinajstić information content (AvgIpc) is 2.99. The van der Waals surface area contributed by atoms with Crippen LogP contribution in [-0.4, -0.2) is 109 Å². The summed E-state index contributed by atoms with van der Waals surface area (Å²) in [7, 11) is 0. The lowest BCUT2D eigenvalue weighted by Gasteiger charge is -2.19.